The minimum absolute atomic E-state index is 0.0606. The number of aromatic nitrogens is 2. The molecule has 0 bridgehead atoms. The van der Waals surface area contributed by atoms with Gasteiger partial charge in [-0.3, -0.25) is 9.36 Å². The Labute approximate surface area is 168 Å². The van der Waals surface area contributed by atoms with Gasteiger partial charge in [0.1, 0.15) is 11.5 Å². The highest BCUT2D eigenvalue weighted by molar-refractivity contribution is 7.90. The Hall–Kier alpha value is -3.45. The topological polar surface area (TPSA) is 81.1 Å². The van der Waals surface area contributed by atoms with Gasteiger partial charge in [-0.15, -0.1) is 0 Å². The molecule has 0 amide bonds. The minimum atomic E-state index is -3.50. The molecule has 4 aromatic rings. The van der Waals surface area contributed by atoms with Crippen molar-refractivity contribution >= 4 is 32.4 Å². The molecule has 0 radical (unpaired) electrons. The van der Waals surface area contributed by atoms with Crippen LogP contribution in [0.25, 0.3) is 16.7 Å². The van der Waals surface area contributed by atoms with Crippen molar-refractivity contribution in [2.45, 2.75) is 11.8 Å². The van der Waals surface area contributed by atoms with Crippen molar-refractivity contribution < 1.29 is 8.42 Å². The van der Waals surface area contributed by atoms with Crippen molar-refractivity contribution in [1.29, 1.82) is 0 Å². The molecular formula is C22H19N3O3S. The first kappa shape index (κ1) is 18.9. The molecule has 1 N–H and O–H groups in total. The van der Waals surface area contributed by atoms with Crippen LogP contribution in [-0.4, -0.2) is 24.2 Å². The van der Waals surface area contributed by atoms with Crippen LogP contribution >= 0.6 is 0 Å². The molecule has 2 heterocycles. The number of para-hydroxylation sites is 2. The number of sulfone groups is 1. The Morgan fingerprint density at radius 1 is 0.931 bits per heavy atom. The fraction of sp³-hybridized carbons (Fsp3) is 0.0909. The molecule has 0 unspecified atom stereocenters. The van der Waals surface area contributed by atoms with E-state index in [-0.39, 0.29) is 15.7 Å². The second kappa shape index (κ2) is 7.18. The SMILES string of the molecule is Cc1nc2c(cc1S(C)(=O)=O)c(=O)cc(Nc1ccccc1)n2-c1ccccc1. The molecule has 146 valence electrons. The number of anilines is 2. The normalized spacial score (nSPS) is 11.5. The van der Waals surface area contributed by atoms with Crippen molar-refractivity contribution in [2.75, 3.05) is 11.6 Å². The summed E-state index contributed by atoms with van der Waals surface area (Å²) < 4.78 is 26.0. The third kappa shape index (κ3) is 3.64. The summed E-state index contributed by atoms with van der Waals surface area (Å²) in [5.41, 5.74) is 2.06. The fourth-order valence-electron chi connectivity index (χ4n) is 3.28. The lowest BCUT2D eigenvalue weighted by Gasteiger charge is -2.18. The molecule has 0 aliphatic carbocycles. The molecular weight excluding hydrogens is 386 g/mol. The highest BCUT2D eigenvalue weighted by atomic mass is 32.2. The predicted molar refractivity (Wildman–Crippen MR) is 115 cm³/mol. The van der Waals surface area contributed by atoms with Gasteiger partial charge in [0.05, 0.1) is 16.0 Å². The van der Waals surface area contributed by atoms with Crippen LogP contribution < -0.4 is 10.7 Å². The van der Waals surface area contributed by atoms with Gasteiger partial charge >= 0.3 is 0 Å². The van der Waals surface area contributed by atoms with Crippen LogP contribution in [0.2, 0.25) is 0 Å². The Balaban J connectivity index is 2.07. The summed E-state index contributed by atoms with van der Waals surface area (Å²) in [6, 6.07) is 21.9. The van der Waals surface area contributed by atoms with Crippen LogP contribution in [0.1, 0.15) is 5.69 Å². The second-order valence-electron chi connectivity index (χ2n) is 6.77. The van der Waals surface area contributed by atoms with Crippen LogP contribution in [0.4, 0.5) is 11.5 Å². The zero-order valence-corrected chi connectivity index (χ0v) is 16.8. The molecule has 0 spiro atoms. The van der Waals surface area contributed by atoms with E-state index in [1.165, 1.54) is 12.1 Å². The molecule has 0 aliphatic rings. The molecule has 0 fully saturated rings. The van der Waals surface area contributed by atoms with Crippen molar-refractivity contribution in [3.63, 3.8) is 0 Å². The number of aryl methyl sites for hydroxylation is 1. The van der Waals surface area contributed by atoms with Gasteiger partial charge in [0.2, 0.25) is 0 Å². The van der Waals surface area contributed by atoms with E-state index < -0.39 is 9.84 Å². The Bertz CT molecular complexity index is 1360. The number of pyridine rings is 2. The lowest BCUT2D eigenvalue weighted by atomic mass is 10.2. The summed E-state index contributed by atoms with van der Waals surface area (Å²) >= 11 is 0. The summed E-state index contributed by atoms with van der Waals surface area (Å²) in [6.07, 6.45) is 1.11. The van der Waals surface area contributed by atoms with E-state index in [0.29, 0.717) is 17.2 Å². The number of hydrogen-bond acceptors (Lipinski definition) is 5. The van der Waals surface area contributed by atoms with Crippen molar-refractivity contribution in [3.8, 4) is 5.69 Å². The van der Waals surface area contributed by atoms with Gasteiger partial charge in [-0.2, -0.15) is 0 Å². The van der Waals surface area contributed by atoms with Gasteiger partial charge in [0, 0.05) is 23.7 Å². The maximum Gasteiger partial charge on any atom is 0.193 e. The predicted octanol–water partition coefficient (Wildman–Crippen LogP) is 3.84. The number of nitrogens with one attached hydrogen (secondary N) is 1. The zero-order chi connectivity index (χ0) is 20.6. The number of fused-ring (bicyclic) bond motifs is 1. The van der Waals surface area contributed by atoms with E-state index in [4.69, 9.17) is 0 Å². The molecule has 0 saturated heterocycles. The van der Waals surface area contributed by atoms with Crippen LogP contribution in [0.5, 0.6) is 0 Å². The van der Waals surface area contributed by atoms with Gasteiger partial charge in [-0.1, -0.05) is 36.4 Å². The molecule has 0 atom stereocenters. The van der Waals surface area contributed by atoms with E-state index in [1.54, 1.807) is 6.92 Å². The van der Waals surface area contributed by atoms with Crippen LogP contribution in [-0.2, 0) is 9.84 Å². The summed E-state index contributed by atoms with van der Waals surface area (Å²) in [5, 5.41) is 3.52. The van der Waals surface area contributed by atoms with E-state index in [1.807, 2.05) is 65.2 Å². The van der Waals surface area contributed by atoms with E-state index in [9.17, 15) is 13.2 Å². The average Bonchev–Trinajstić information content (AvgIpc) is 2.68. The quantitative estimate of drug-likeness (QED) is 0.558. The first-order valence-corrected chi connectivity index (χ1v) is 10.9. The molecule has 2 aromatic heterocycles. The largest absolute Gasteiger partial charge is 0.341 e. The zero-order valence-electron chi connectivity index (χ0n) is 16.0. The first-order chi connectivity index (χ1) is 13.8. The summed E-state index contributed by atoms with van der Waals surface area (Å²) in [7, 11) is -3.50. The van der Waals surface area contributed by atoms with Gasteiger partial charge in [-0.25, -0.2) is 13.4 Å². The van der Waals surface area contributed by atoms with Gasteiger partial charge in [0.25, 0.3) is 0 Å². The minimum Gasteiger partial charge on any atom is -0.341 e. The van der Waals surface area contributed by atoms with E-state index in [2.05, 4.69) is 10.3 Å². The first-order valence-electron chi connectivity index (χ1n) is 8.99. The molecule has 7 heteroatoms. The Kier molecular flexibility index (Phi) is 4.68. The van der Waals surface area contributed by atoms with Crippen molar-refractivity contribution in [2.24, 2.45) is 0 Å². The molecule has 0 saturated carbocycles. The van der Waals surface area contributed by atoms with Crippen molar-refractivity contribution in [3.05, 3.63) is 88.7 Å². The summed E-state index contributed by atoms with van der Waals surface area (Å²) in [5.74, 6) is 0.541. The molecule has 6 nitrogen and oxygen atoms in total. The highest BCUT2D eigenvalue weighted by Gasteiger charge is 2.18. The Morgan fingerprint density at radius 2 is 1.55 bits per heavy atom. The number of hydrogen-bond donors (Lipinski definition) is 1. The maximum atomic E-state index is 12.9. The Morgan fingerprint density at radius 3 is 2.17 bits per heavy atom. The second-order valence-corrected chi connectivity index (χ2v) is 8.76. The van der Waals surface area contributed by atoms with E-state index >= 15 is 0 Å². The standard InChI is InChI=1S/C22H19N3O3S/c1-15-20(29(2,27)28)13-18-19(26)14-21(24-16-9-5-3-6-10-16)25(22(18)23-15)17-11-7-4-8-12-17/h3-14,24H,1-2H3. The smallest absolute Gasteiger partial charge is 0.193 e. The molecule has 0 aliphatic heterocycles. The van der Waals surface area contributed by atoms with E-state index in [0.717, 1.165) is 17.6 Å². The number of benzene rings is 2. The van der Waals surface area contributed by atoms with Gasteiger partial charge in [-0.05, 0) is 37.3 Å². The van der Waals surface area contributed by atoms with Crippen LogP contribution in [0.3, 0.4) is 0 Å². The summed E-state index contributed by atoms with van der Waals surface area (Å²) in [6.45, 7) is 1.63. The summed E-state index contributed by atoms with van der Waals surface area (Å²) in [4.78, 5) is 17.5. The van der Waals surface area contributed by atoms with Gasteiger partial charge < -0.3 is 5.32 Å². The lowest BCUT2D eigenvalue weighted by Crippen LogP contribution is -2.15. The highest BCUT2D eigenvalue weighted by Crippen LogP contribution is 2.26. The average molecular weight is 405 g/mol. The molecule has 29 heavy (non-hydrogen) atoms. The third-order valence-corrected chi connectivity index (χ3v) is 5.80. The lowest BCUT2D eigenvalue weighted by molar-refractivity contribution is 0.601. The third-order valence-electron chi connectivity index (χ3n) is 4.59. The van der Waals surface area contributed by atoms with Crippen molar-refractivity contribution in [1.82, 2.24) is 9.55 Å². The molecule has 2 aromatic carbocycles. The molecule has 4 rings (SSSR count). The van der Waals surface area contributed by atoms with Crippen LogP contribution in [0.15, 0.2) is 82.5 Å². The number of rotatable bonds is 4. The van der Waals surface area contributed by atoms with Gasteiger partial charge in [0.15, 0.2) is 15.3 Å². The fourth-order valence-corrected chi connectivity index (χ4v) is 4.20. The maximum absolute atomic E-state index is 12.9. The number of nitrogens with zero attached hydrogens (tertiary/aromatic N) is 2. The van der Waals surface area contributed by atoms with Crippen LogP contribution in [0, 0.1) is 6.92 Å². The monoisotopic (exact) mass is 405 g/mol.